The number of piperazine rings is 1. The van der Waals surface area contributed by atoms with E-state index in [0.29, 0.717) is 49.6 Å². The van der Waals surface area contributed by atoms with Crippen molar-refractivity contribution < 1.29 is 22.1 Å². The Kier molecular flexibility index (Phi) is 5.94. The van der Waals surface area contributed by atoms with E-state index in [0.717, 1.165) is 33.4 Å². The van der Waals surface area contributed by atoms with Gasteiger partial charge in [0.1, 0.15) is 11.9 Å². The Labute approximate surface area is 259 Å². The molecular formula is C31H38FN9O2. The normalized spacial score (nSPS) is 22.0. The van der Waals surface area contributed by atoms with Crippen LogP contribution >= 0.6 is 0 Å². The quantitative estimate of drug-likeness (QED) is 0.298. The molecule has 0 spiro atoms. The van der Waals surface area contributed by atoms with Crippen molar-refractivity contribution in [3.8, 4) is 6.01 Å². The van der Waals surface area contributed by atoms with E-state index in [2.05, 4.69) is 26.5 Å². The molecule has 1 amide bonds. The number of amides is 1. The van der Waals surface area contributed by atoms with Crippen LogP contribution < -0.4 is 14.5 Å². The van der Waals surface area contributed by atoms with Crippen molar-refractivity contribution in [2.75, 3.05) is 69.6 Å². The topological polar surface area (TPSA) is 98.1 Å². The zero-order chi connectivity index (χ0) is 35.3. The third-order valence-corrected chi connectivity index (χ3v) is 8.67. The number of anilines is 2. The van der Waals surface area contributed by atoms with Gasteiger partial charge in [-0.25, -0.2) is 11.0 Å². The maximum atomic E-state index is 13.9. The lowest BCUT2D eigenvalue weighted by Crippen LogP contribution is -2.57. The standard InChI is InChI=1S/C31H38FN9O2/c1-20-6-7-25-24(15-34-37-25)27(20)39-11-8-23-26(17-39)35-30(43-19-31(9-10-31)18-38(4)5)36-28(23)40-12-13-41(29(42)21(2)32)22(16-40)14-33-3/h6-7,15,22H,2,8-14,16-19H2,1,4-5H3,(H,34,37)/t22-/m0/s1/i4D3,5D3. The zero-order valence-corrected chi connectivity index (χ0v) is 24.1. The molecule has 11 nitrogen and oxygen atoms in total. The Morgan fingerprint density at radius 2 is 2.14 bits per heavy atom. The number of halogens is 1. The first-order valence-electron chi connectivity index (χ1n) is 17.3. The predicted octanol–water partition coefficient (Wildman–Crippen LogP) is 3.36. The number of ether oxygens (including phenoxy) is 1. The number of hydrogen-bond acceptors (Lipinski definition) is 8. The van der Waals surface area contributed by atoms with E-state index in [4.69, 9.17) is 29.5 Å². The van der Waals surface area contributed by atoms with E-state index in [1.165, 1.54) is 4.90 Å². The fraction of sp³-hybridized carbons (Fsp3) is 0.516. The van der Waals surface area contributed by atoms with Gasteiger partial charge in [-0.2, -0.15) is 15.1 Å². The first kappa shape index (κ1) is 22.3. The lowest BCUT2D eigenvalue weighted by Gasteiger charge is -2.41. The molecule has 1 saturated carbocycles. The number of fused-ring (bicyclic) bond motifs is 2. The van der Waals surface area contributed by atoms with Crippen molar-refractivity contribution in [3.63, 3.8) is 0 Å². The molecule has 2 fully saturated rings. The molecule has 1 aromatic carbocycles. The number of carbonyl (C=O) groups excluding carboxylic acids is 1. The summed E-state index contributed by atoms with van der Waals surface area (Å²) in [5.41, 5.74) is 3.94. The molecule has 226 valence electrons. The summed E-state index contributed by atoms with van der Waals surface area (Å²) in [5, 5.41) is 8.24. The largest absolute Gasteiger partial charge is 0.463 e. The molecule has 1 atom stereocenters. The molecule has 2 aromatic heterocycles. The number of aromatic nitrogens is 4. The lowest BCUT2D eigenvalue weighted by atomic mass is 10.0. The highest BCUT2D eigenvalue weighted by molar-refractivity contribution is 5.93. The van der Waals surface area contributed by atoms with Crippen LogP contribution in [0.2, 0.25) is 0 Å². The Hall–Kier alpha value is -4.24. The number of nitrogens with zero attached hydrogens (tertiary/aromatic N) is 8. The smallest absolute Gasteiger partial charge is 0.318 e. The number of H-pyrrole nitrogens is 1. The fourth-order valence-electron chi connectivity index (χ4n) is 6.25. The summed E-state index contributed by atoms with van der Waals surface area (Å²) < 4.78 is 66.9. The van der Waals surface area contributed by atoms with E-state index in [1.807, 2.05) is 24.0 Å². The van der Waals surface area contributed by atoms with Gasteiger partial charge in [-0.1, -0.05) is 12.6 Å². The van der Waals surface area contributed by atoms with Crippen LogP contribution in [0.4, 0.5) is 15.9 Å². The molecule has 3 aliphatic rings. The minimum absolute atomic E-state index is 0.0201. The average Bonchev–Trinajstić information content (AvgIpc) is 3.65. The van der Waals surface area contributed by atoms with E-state index in [1.54, 1.807) is 6.20 Å². The van der Waals surface area contributed by atoms with Gasteiger partial charge in [0, 0.05) is 57.3 Å². The highest BCUT2D eigenvalue weighted by atomic mass is 19.1. The Morgan fingerprint density at radius 1 is 1.30 bits per heavy atom. The number of hydrogen-bond donors (Lipinski definition) is 1. The van der Waals surface area contributed by atoms with Crippen LogP contribution in [-0.2, 0) is 17.8 Å². The van der Waals surface area contributed by atoms with Gasteiger partial charge < -0.3 is 29.2 Å². The van der Waals surface area contributed by atoms with Crippen molar-refractivity contribution in [3.05, 3.63) is 59.0 Å². The molecule has 2 aliphatic heterocycles. The monoisotopic (exact) mass is 593 g/mol. The minimum atomic E-state index is -2.81. The first-order chi connectivity index (χ1) is 23.1. The van der Waals surface area contributed by atoms with Crippen molar-refractivity contribution >= 4 is 28.3 Å². The van der Waals surface area contributed by atoms with Gasteiger partial charge in [0.15, 0.2) is 5.83 Å². The van der Waals surface area contributed by atoms with Gasteiger partial charge in [0.2, 0.25) is 6.54 Å². The Balaban J connectivity index is 1.32. The van der Waals surface area contributed by atoms with Gasteiger partial charge in [0.05, 0.1) is 36.2 Å². The molecule has 3 aromatic rings. The second-order valence-corrected chi connectivity index (χ2v) is 11.7. The number of aryl methyl sites for hydroxylation is 1. The third kappa shape index (κ3) is 5.73. The molecule has 1 saturated heterocycles. The maximum absolute atomic E-state index is 13.9. The van der Waals surface area contributed by atoms with Crippen LogP contribution in [0.15, 0.2) is 30.7 Å². The van der Waals surface area contributed by atoms with Crippen LogP contribution in [0.25, 0.3) is 15.7 Å². The molecule has 1 N–H and O–H groups in total. The molecule has 4 heterocycles. The van der Waals surface area contributed by atoms with Crippen molar-refractivity contribution in [1.82, 2.24) is 30.0 Å². The lowest BCUT2D eigenvalue weighted by molar-refractivity contribution is -0.131. The number of benzene rings is 1. The zero-order valence-electron chi connectivity index (χ0n) is 30.1. The van der Waals surface area contributed by atoms with Crippen LogP contribution in [0, 0.1) is 18.9 Å². The second-order valence-electron chi connectivity index (χ2n) is 11.7. The average molecular weight is 594 g/mol. The number of carbonyl (C=O) groups is 1. The van der Waals surface area contributed by atoms with Crippen molar-refractivity contribution in [2.24, 2.45) is 5.41 Å². The first-order valence-corrected chi connectivity index (χ1v) is 14.3. The summed E-state index contributed by atoms with van der Waals surface area (Å²) in [6.07, 6.45) is 3.56. The highest BCUT2D eigenvalue weighted by Gasteiger charge is 2.44. The summed E-state index contributed by atoms with van der Waals surface area (Å²) in [4.78, 5) is 31.8. The second kappa shape index (κ2) is 11.4. The Bertz CT molecular complexity index is 1790. The fourth-order valence-corrected chi connectivity index (χ4v) is 6.25. The van der Waals surface area contributed by atoms with E-state index >= 15 is 0 Å². The number of nitrogens with one attached hydrogen (secondary N) is 1. The molecule has 6 rings (SSSR count). The van der Waals surface area contributed by atoms with Crippen LogP contribution in [0.3, 0.4) is 0 Å². The van der Waals surface area contributed by atoms with Crippen molar-refractivity contribution in [2.45, 2.75) is 38.8 Å². The highest BCUT2D eigenvalue weighted by Crippen LogP contribution is 2.46. The number of rotatable bonds is 9. The molecule has 12 heteroatoms. The van der Waals surface area contributed by atoms with E-state index < -0.39 is 37.1 Å². The molecule has 1 aliphatic carbocycles. The molecule has 0 unspecified atom stereocenters. The van der Waals surface area contributed by atoms with Crippen LogP contribution in [-0.4, -0.2) is 102 Å². The summed E-state index contributed by atoms with van der Waals surface area (Å²) in [5.74, 6) is -1.32. The van der Waals surface area contributed by atoms with E-state index in [9.17, 15) is 9.18 Å². The van der Waals surface area contributed by atoms with Crippen LogP contribution in [0.1, 0.15) is 37.9 Å². The van der Waals surface area contributed by atoms with Gasteiger partial charge in [-0.05, 0) is 51.8 Å². The summed E-state index contributed by atoms with van der Waals surface area (Å²) in [7, 11) is 0. The minimum Gasteiger partial charge on any atom is -0.463 e. The summed E-state index contributed by atoms with van der Waals surface area (Å²) in [6.45, 7) is 8.63. The van der Waals surface area contributed by atoms with Gasteiger partial charge >= 0.3 is 6.01 Å². The van der Waals surface area contributed by atoms with Gasteiger partial charge in [0.25, 0.3) is 5.91 Å². The number of aromatic amines is 1. The summed E-state index contributed by atoms with van der Waals surface area (Å²) >= 11 is 0. The van der Waals surface area contributed by atoms with Crippen LogP contribution in [0.5, 0.6) is 6.01 Å². The summed E-state index contributed by atoms with van der Waals surface area (Å²) in [6, 6.07) is 3.49. The van der Waals surface area contributed by atoms with Gasteiger partial charge in [-0.3, -0.25) is 9.89 Å². The maximum Gasteiger partial charge on any atom is 0.318 e. The Morgan fingerprint density at radius 3 is 2.88 bits per heavy atom. The SMILES string of the molecule is [2H]C([2H])([2H])N(CC1(COc2nc3c(c(N4CCN(C(=O)C(=C)F)[C@@H](C[N+]#[C-])C4)n2)CCN(c2c(C)ccc4[nH]ncc24)C3)CC1)C([2H])([2H])[2H]. The van der Waals surface area contributed by atoms with E-state index in [-0.39, 0.29) is 38.8 Å². The van der Waals surface area contributed by atoms with Crippen molar-refractivity contribution in [1.29, 1.82) is 0 Å². The molecular weight excluding hydrogens is 549 g/mol. The molecule has 0 bridgehead atoms. The molecule has 43 heavy (non-hydrogen) atoms. The molecule has 0 radical (unpaired) electrons. The van der Waals surface area contributed by atoms with Gasteiger partial charge in [-0.15, -0.1) is 0 Å². The predicted molar refractivity (Wildman–Crippen MR) is 163 cm³/mol. The third-order valence-electron chi connectivity index (χ3n) is 8.67.